The Labute approximate surface area is 129 Å². The van der Waals surface area contributed by atoms with Crippen molar-refractivity contribution < 1.29 is 4.74 Å². The van der Waals surface area contributed by atoms with E-state index < -0.39 is 5.54 Å². The fourth-order valence-electron chi connectivity index (χ4n) is 2.52. The van der Waals surface area contributed by atoms with Crippen molar-refractivity contribution in [3.63, 3.8) is 0 Å². The van der Waals surface area contributed by atoms with Crippen LogP contribution in [0.3, 0.4) is 0 Å². The summed E-state index contributed by atoms with van der Waals surface area (Å²) in [4.78, 5) is 0. The van der Waals surface area contributed by atoms with Gasteiger partial charge in [0, 0.05) is 10.0 Å². The van der Waals surface area contributed by atoms with Gasteiger partial charge in [-0.2, -0.15) is 0 Å². The predicted octanol–water partition coefficient (Wildman–Crippen LogP) is 4.18. The molecule has 0 aliphatic rings. The van der Waals surface area contributed by atoms with E-state index in [9.17, 15) is 0 Å². The van der Waals surface area contributed by atoms with Crippen LogP contribution in [0, 0.1) is 6.92 Å². The predicted molar refractivity (Wildman–Crippen MR) is 87.1 cm³/mol. The second kappa shape index (κ2) is 5.98. The molecule has 0 fully saturated rings. The molecule has 0 aliphatic heterocycles. The molecule has 2 N–H and O–H groups in total. The first-order valence-corrected chi connectivity index (χ1v) is 7.41. The average Bonchev–Trinajstić information content (AvgIpc) is 2.41. The van der Waals surface area contributed by atoms with Gasteiger partial charge in [0.25, 0.3) is 0 Å². The quantitative estimate of drug-likeness (QED) is 0.910. The molecule has 0 aliphatic carbocycles. The lowest BCUT2D eigenvalue weighted by atomic mass is 9.84. The van der Waals surface area contributed by atoms with Crippen LogP contribution in [0.25, 0.3) is 0 Å². The Bertz CT molecular complexity index is 608. The second-order valence-electron chi connectivity index (χ2n) is 5.37. The summed E-state index contributed by atoms with van der Waals surface area (Å²) in [5, 5.41) is 0. The van der Waals surface area contributed by atoms with Crippen LogP contribution in [0.15, 0.2) is 46.9 Å². The monoisotopic (exact) mass is 333 g/mol. The summed E-state index contributed by atoms with van der Waals surface area (Å²) in [6, 6.07) is 14.2. The highest BCUT2D eigenvalue weighted by Gasteiger charge is 2.24. The van der Waals surface area contributed by atoms with Gasteiger partial charge in [0.2, 0.25) is 0 Å². The van der Waals surface area contributed by atoms with Crippen molar-refractivity contribution in [1.29, 1.82) is 0 Å². The first-order valence-electron chi connectivity index (χ1n) is 6.61. The summed E-state index contributed by atoms with van der Waals surface area (Å²) in [5.41, 5.74) is 9.70. The summed E-state index contributed by atoms with van der Waals surface area (Å²) < 4.78 is 6.35. The summed E-state index contributed by atoms with van der Waals surface area (Å²) in [5.74, 6) is 0.851. The van der Waals surface area contributed by atoms with Gasteiger partial charge in [0.15, 0.2) is 0 Å². The molecule has 106 valence electrons. The molecule has 0 spiro atoms. The van der Waals surface area contributed by atoms with E-state index in [1.807, 2.05) is 30.3 Å². The molecule has 0 saturated carbocycles. The van der Waals surface area contributed by atoms with Gasteiger partial charge in [-0.25, -0.2) is 0 Å². The van der Waals surface area contributed by atoms with Gasteiger partial charge in [-0.1, -0.05) is 40.2 Å². The van der Waals surface area contributed by atoms with Crippen LogP contribution in [0.1, 0.15) is 23.6 Å². The number of ether oxygens (including phenoxy) is 1. The number of aryl methyl sites for hydroxylation is 1. The van der Waals surface area contributed by atoms with Crippen molar-refractivity contribution >= 4 is 15.9 Å². The van der Waals surface area contributed by atoms with Gasteiger partial charge in [-0.3, -0.25) is 0 Å². The lowest BCUT2D eigenvalue weighted by molar-refractivity contribution is 0.412. The molecule has 20 heavy (non-hydrogen) atoms. The summed E-state index contributed by atoms with van der Waals surface area (Å²) in [6.45, 7) is 4.17. The lowest BCUT2D eigenvalue weighted by Gasteiger charge is -2.28. The smallest absolute Gasteiger partial charge is 0.119 e. The Morgan fingerprint density at radius 3 is 2.55 bits per heavy atom. The standard InChI is InChI=1S/C17H20BrNO/c1-12-6-4-5-7-15(12)17(2,19)11-13-10-14(20-3)8-9-16(13)18/h4-10H,11,19H2,1-3H3. The molecule has 0 radical (unpaired) electrons. The van der Waals surface area contributed by atoms with Crippen molar-refractivity contribution in [3.05, 3.63) is 63.6 Å². The maximum Gasteiger partial charge on any atom is 0.119 e. The lowest BCUT2D eigenvalue weighted by Crippen LogP contribution is -2.36. The van der Waals surface area contributed by atoms with Gasteiger partial charge < -0.3 is 10.5 Å². The number of rotatable bonds is 4. The Morgan fingerprint density at radius 2 is 1.90 bits per heavy atom. The number of hydrogen-bond donors (Lipinski definition) is 1. The first kappa shape index (κ1) is 15.1. The summed E-state index contributed by atoms with van der Waals surface area (Å²) >= 11 is 3.59. The minimum atomic E-state index is -0.416. The van der Waals surface area contributed by atoms with E-state index in [1.54, 1.807) is 7.11 Å². The molecule has 2 aromatic carbocycles. The summed E-state index contributed by atoms with van der Waals surface area (Å²) in [7, 11) is 1.68. The Balaban J connectivity index is 2.35. The number of methoxy groups -OCH3 is 1. The average molecular weight is 334 g/mol. The van der Waals surface area contributed by atoms with E-state index in [0.29, 0.717) is 0 Å². The van der Waals surface area contributed by atoms with Crippen molar-refractivity contribution in [1.82, 2.24) is 0 Å². The van der Waals surface area contributed by atoms with Crippen LogP contribution in [0.5, 0.6) is 5.75 Å². The molecule has 2 aromatic rings. The Kier molecular flexibility index (Phi) is 4.51. The van der Waals surface area contributed by atoms with E-state index in [2.05, 4.69) is 41.9 Å². The highest BCUT2D eigenvalue weighted by molar-refractivity contribution is 9.10. The number of halogens is 1. The normalized spacial score (nSPS) is 13.8. The number of hydrogen-bond acceptors (Lipinski definition) is 2. The van der Waals surface area contributed by atoms with Crippen LogP contribution in [0.4, 0.5) is 0 Å². The topological polar surface area (TPSA) is 35.2 Å². The number of benzene rings is 2. The van der Waals surface area contributed by atoms with Crippen LogP contribution < -0.4 is 10.5 Å². The van der Waals surface area contributed by atoms with Crippen LogP contribution in [-0.4, -0.2) is 7.11 Å². The van der Waals surface area contributed by atoms with E-state index >= 15 is 0 Å². The molecule has 3 heteroatoms. The number of nitrogens with two attached hydrogens (primary N) is 1. The SMILES string of the molecule is COc1ccc(Br)c(CC(C)(N)c2ccccc2C)c1. The van der Waals surface area contributed by atoms with Crippen molar-refractivity contribution in [2.75, 3.05) is 7.11 Å². The molecule has 1 unspecified atom stereocenters. The fraction of sp³-hybridized carbons (Fsp3) is 0.294. The van der Waals surface area contributed by atoms with Crippen molar-refractivity contribution in [2.45, 2.75) is 25.8 Å². The molecular formula is C17H20BrNO. The third-order valence-electron chi connectivity index (χ3n) is 3.57. The molecule has 0 aromatic heterocycles. The summed E-state index contributed by atoms with van der Waals surface area (Å²) in [6.07, 6.45) is 0.746. The maximum atomic E-state index is 6.57. The zero-order valence-electron chi connectivity index (χ0n) is 12.1. The van der Waals surface area contributed by atoms with E-state index in [-0.39, 0.29) is 0 Å². The molecule has 0 amide bonds. The molecule has 2 nitrogen and oxygen atoms in total. The zero-order valence-corrected chi connectivity index (χ0v) is 13.7. The van der Waals surface area contributed by atoms with Gasteiger partial charge >= 0.3 is 0 Å². The Morgan fingerprint density at radius 1 is 1.20 bits per heavy atom. The van der Waals surface area contributed by atoms with Gasteiger partial charge in [-0.15, -0.1) is 0 Å². The van der Waals surface area contributed by atoms with Gasteiger partial charge in [0.1, 0.15) is 5.75 Å². The largest absolute Gasteiger partial charge is 0.497 e. The molecule has 0 heterocycles. The zero-order chi connectivity index (χ0) is 14.8. The third kappa shape index (κ3) is 3.22. The van der Waals surface area contributed by atoms with Crippen LogP contribution in [0.2, 0.25) is 0 Å². The van der Waals surface area contributed by atoms with Gasteiger partial charge in [-0.05, 0) is 55.2 Å². The van der Waals surface area contributed by atoms with E-state index in [1.165, 1.54) is 11.1 Å². The third-order valence-corrected chi connectivity index (χ3v) is 4.34. The molecule has 0 saturated heterocycles. The molecule has 2 rings (SSSR count). The van der Waals surface area contributed by atoms with Crippen molar-refractivity contribution in [2.24, 2.45) is 5.73 Å². The Hall–Kier alpha value is -1.32. The molecule has 0 bridgehead atoms. The first-order chi connectivity index (χ1) is 9.44. The highest BCUT2D eigenvalue weighted by atomic mass is 79.9. The molecular weight excluding hydrogens is 314 g/mol. The molecule has 1 atom stereocenters. The minimum Gasteiger partial charge on any atom is -0.497 e. The fourth-order valence-corrected chi connectivity index (χ4v) is 2.90. The minimum absolute atomic E-state index is 0.416. The van der Waals surface area contributed by atoms with E-state index in [0.717, 1.165) is 22.2 Å². The second-order valence-corrected chi connectivity index (χ2v) is 6.22. The van der Waals surface area contributed by atoms with Crippen LogP contribution >= 0.6 is 15.9 Å². The van der Waals surface area contributed by atoms with Crippen molar-refractivity contribution in [3.8, 4) is 5.75 Å². The maximum absolute atomic E-state index is 6.57. The van der Waals surface area contributed by atoms with Crippen LogP contribution in [-0.2, 0) is 12.0 Å². The highest BCUT2D eigenvalue weighted by Crippen LogP contribution is 2.30. The van der Waals surface area contributed by atoms with Gasteiger partial charge in [0.05, 0.1) is 7.11 Å². The van der Waals surface area contributed by atoms with E-state index in [4.69, 9.17) is 10.5 Å².